The minimum absolute atomic E-state index is 0. The van der Waals surface area contributed by atoms with E-state index in [-0.39, 0.29) is 17.4 Å². The van der Waals surface area contributed by atoms with Gasteiger partial charge in [0.25, 0.3) is 0 Å². The Hall–Kier alpha value is -2.65. The van der Waals surface area contributed by atoms with Gasteiger partial charge in [0.05, 0.1) is 17.3 Å². The van der Waals surface area contributed by atoms with Crippen LogP contribution >= 0.6 is 0 Å². The molecule has 0 unspecified atom stereocenters. The lowest BCUT2D eigenvalue weighted by molar-refractivity contribution is -0.137. The number of benzene rings is 1. The second kappa shape index (κ2) is 9.92. The SMILES string of the molecule is Cc1cc(-c2ccc(C(F)(F)F)cc2)nc([C@H]2CC[C@@]3(CCN(C)C3=O)N2)n1.O.O=S(=O)(O)O. The number of hydrogen-bond acceptors (Lipinski definition) is 6. The Kier molecular flexibility index (Phi) is 8.05. The maximum atomic E-state index is 12.8. The first-order chi connectivity index (χ1) is 15.2. The predicted molar refractivity (Wildman–Crippen MR) is 115 cm³/mol. The van der Waals surface area contributed by atoms with Gasteiger partial charge in [0.2, 0.25) is 5.91 Å². The molecular formula is C20H25F3N4O6S. The molecule has 2 aromatic rings. The maximum absolute atomic E-state index is 12.8. The van der Waals surface area contributed by atoms with Gasteiger partial charge in [-0.3, -0.25) is 19.2 Å². The maximum Gasteiger partial charge on any atom is 0.416 e. The Bertz CT molecular complexity index is 1140. The van der Waals surface area contributed by atoms with Gasteiger partial charge >= 0.3 is 16.6 Å². The molecule has 1 amide bonds. The number of hydrogen-bond donors (Lipinski definition) is 3. The molecule has 2 aliphatic rings. The first-order valence-corrected chi connectivity index (χ1v) is 11.3. The van der Waals surface area contributed by atoms with Crippen LogP contribution in [0.3, 0.4) is 0 Å². The highest BCUT2D eigenvalue weighted by atomic mass is 32.3. The number of likely N-dealkylation sites (tertiary alicyclic amines) is 1. The molecule has 10 nitrogen and oxygen atoms in total. The number of amides is 1. The van der Waals surface area contributed by atoms with Crippen molar-refractivity contribution in [2.45, 2.75) is 43.9 Å². The summed E-state index contributed by atoms with van der Waals surface area (Å²) in [6, 6.07) is 6.57. The van der Waals surface area contributed by atoms with Crippen LogP contribution in [-0.4, -0.2) is 62.9 Å². The number of aryl methyl sites for hydroxylation is 1. The predicted octanol–water partition coefficient (Wildman–Crippen LogP) is 2.02. The molecule has 3 heterocycles. The molecule has 2 fully saturated rings. The smallest absolute Gasteiger partial charge is 0.412 e. The summed E-state index contributed by atoms with van der Waals surface area (Å²) in [5.41, 5.74) is 0.683. The highest BCUT2D eigenvalue weighted by Crippen LogP contribution is 2.38. The Morgan fingerprint density at radius 3 is 2.24 bits per heavy atom. The van der Waals surface area contributed by atoms with Gasteiger partial charge in [-0.05, 0) is 44.4 Å². The lowest BCUT2D eigenvalue weighted by Crippen LogP contribution is -2.47. The van der Waals surface area contributed by atoms with Crippen LogP contribution in [0.15, 0.2) is 30.3 Å². The summed E-state index contributed by atoms with van der Waals surface area (Å²) in [7, 11) is -2.86. The number of carbonyl (C=O) groups excluding carboxylic acids is 1. The Labute approximate surface area is 194 Å². The first kappa shape index (κ1) is 27.6. The minimum atomic E-state index is -4.67. The second-order valence-electron chi connectivity index (χ2n) is 8.07. The minimum Gasteiger partial charge on any atom is -0.412 e. The molecule has 2 atom stereocenters. The number of nitrogens with zero attached hydrogens (tertiary/aromatic N) is 3. The van der Waals surface area contributed by atoms with Crippen molar-refractivity contribution in [1.82, 2.24) is 20.2 Å². The molecule has 188 valence electrons. The molecule has 0 aliphatic carbocycles. The van der Waals surface area contributed by atoms with E-state index in [1.807, 2.05) is 6.92 Å². The largest absolute Gasteiger partial charge is 0.416 e. The quantitative estimate of drug-likeness (QED) is 0.521. The summed E-state index contributed by atoms with van der Waals surface area (Å²) < 4.78 is 70.0. The molecule has 0 radical (unpaired) electrons. The van der Waals surface area contributed by atoms with E-state index < -0.39 is 27.7 Å². The molecule has 14 heteroatoms. The van der Waals surface area contributed by atoms with Crippen LogP contribution < -0.4 is 5.32 Å². The number of rotatable bonds is 2. The van der Waals surface area contributed by atoms with Gasteiger partial charge in [-0.25, -0.2) is 9.97 Å². The summed E-state index contributed by atoms with van der Waals surface area (Å²) in [5.74, 6) is 0.680. The molecule has 2 aliphatic heterocycles. The highest BCUT2D eigenvalue weighted by Gasteiger charge is 2.50. The Morgan fingerprint density at radius 1 is 1.15 bits per heavy atom. The van der Waals surface area contributed by atoms with E-state index in [1.54, 1.807) is 18.0 Å². The fourth-order valence-electron chi connectivity index (χ4n) is 4.09. The average Bonchev–Trinajstić information content (AvgIpc) is 3.26. The fraction of sp³-hybridized carbons (Fsp3) is 0.450. The summed E-state index contributed by atoms with van der Waals surface area (Å²) in [4.78, 5) is 23.4. The average molecular weight is 507 g/mol. The van der Waals surface area contributed by atoms with Gasteiger partial charge in [0.1, 0.15) is 11.4 Å². The van der Waals surface area contributed by atoms with Crippen molar-refractivity contribution in [1.29, 1.82) is 0 Å². The number of carbonyl (C=O) groups is 1. The van der Waals surface area contributed by atoms with Gasteiger partial charge in [0.15, 0.2) is 0 Å². The van der Waals surface area contributed by atoms with Gasteiger partial charge in [-0.15, -0.1) is 0 Å². The van der Waals surface area contributed by atoms with Crippen LogP contribution in [0, 0.1) is 6.92 Å². The van der Waals surface area contributed by atoms with Gasteiger partial charge in [-0.2, -0.15) is 21.6 Å². The van der Waals surface area contributed by atoms with E-state index in [9.17, 15) is 18.0 Å². The van der Waals surface area contributed by atoms with E-state index in [1.165, 1.54) is 12.1 Å². The summed E-state index contributed by atoms with van der Waals surface area (Å²) in [5, 5.41) is 3.43. The summed E-state index contributed by atoms with van der Waals surface area (Å²) in [6.07, 6.45) is -2.13. The molecule has 2 saturated heterocycles. The first-order valence-electron chi connectivity index (χ1n) is 9.94. The van der Waals surface area contributed by atoms with E-state index >= 15 is 0 Å². The lowest BCUT2D eigenvalue weighted by atomic mass is 9.96. The number of likely N-dealkylation sites (N-methyl/N-ethyl adjacent to an activating group) is 1. The Balaban J connectivity index is 0.000000619. The third-order valence-electron chi connectivity index (χ3n) is 5.63. The van der Waals surface area contributed by atoms with E-state index in [2.05, 4.69) is 15.3 Å². The zero-order valence-corrected chi connectivity index (χ0v) is 19.1. The number of aromatic nitrogens is 2. The molecule has 1 spiro atoms. The zero-order valence-electron chi connectivity index (χ0n) is 18.3. The van der Waals surface area contributed by atoms with Crippen molar-refractivity contribution in [2.75, 3.05) is 13.6 Å². The highest BCUT2D eigenvalue weighted by molar-refractivity contribution is 7.79. The molecule has 0 saturated carbocycles. The van der Waals surface area contributed by atoms with Crippen molar-refractivity contribution in [3.05, 3.63) is 47.4 Å². The van der Waals surface area contributed by atoms with E-state index in [0.29, 0.717) is 17.1 Å². The summed E-state index contributed by atoms with van der Waals surface area (Å²) in [6.45, 7) is 2.56. The number of nitrogens with one attached hydrogen (secondary N) is 1. The molecule has 1 aromatic heterocycles. The number of alkyl halides is 3. The fourth-order valence-corrected chi connectivity index (χ4v) is 4.09. The van der Waals surface area contributed by atoms with Crippen molar-refractivity contribution in [2.24, 2.45) is 0 Å². The second-order valence-corrected chi connectivity index (χ2v) is 8.97. The van der Waals surface area contributed by atoms with Gasteiger partial charge in [0, 0.05) is 24.8 Å². The van der Waals surface area contributed by atoms with Crippen LogP contribution in [0.4, 0.5) is 13.2 Å². The molecule has 1 aromatic carbocycles. The van der Waals surface area contributed by atoms with Crippen molar-refractivity contribution >= 4 is 16.3 Å². The third kappa shape index (κ3) is 6.48. The van der Waals surface area contributed by atoms with E-state index in [0.717, 1.165) is 43.6 Å². The molecular weight excluding hydrogens is 481 g/mol. The normalized spacial score (nSPS) is 22.4. The topological polar surface area (TPSA) is 164 Å². The van der Waals surface area contributed by atoms with Crippen LogP contribution in [0.1, 0.15) is 42.4 Å². The molecule has 4 rings (SSSR count). The van der Waals surface area contributed by atoms with Crippen molar-refractivity contribution < 1.29 is 41.0 Å². The van der Waals surface area contributed by atoms with Crippen LogP contribution in [0.2, 0.25) is 0 Å². The van der Waals surface area contributed by atoms with Crippen molar-refractivity contribution in [3.8, 4) is 11.3 Å². The van der Waals surface area contributed by atoms with Crippen molar-refractivity contribution in [3.63, 3.8) is 0 Å². The van der Waals surface area contributed by atoms with Crippen LogP contribution in [0.25, 0.3) is 11.3 Å². The van der Waals surface area contributed by atoms with E-state index in [4.69, 9.17) is 17.5 Å². The number of halogens is 3. The molecule has 0 bridgehead atoms. The third-order valence-corrected chi connectivity index (χ3v) is 5.63. The zero-order chi connectivity index (χ0) is 24.6. The Morgan fingerprint density at radius 2 is 1.74 bits per heavy atom. The standard InChI is InChI=1S/C20H21F3N4O.H2O4S.H2O/c1-12-11-16(13-3-5-14(6-4-13)20(21,22)23)25-17(24-12)15-7-8-19(26-15)9-10-27(2)18(19)28;1-5(2,3)4;/h3-6,11,15,26H,7-10H2,1-2H3;(H2,1,2,3,4);1H2/t15-,19+;;/m1../s1. The molecule has 5 N–H and O–H groups in total. The van der Waals surface area contributed by atoms with Gasteiger partial charge in [-0.1, -0.05) is 12.1 Å². The molecule has 34 heavy (non-hydrogen) atoms. The van der Waals surface area contributed by atoms with Crippen LogP contribution in [-0.2, 0) is 21.4 Å². The van der Waals surface area contributed by atoms with Gasteiger partial charge < -0.3 is 10.4 Å². The monoisotopic (exact) mass is 506 g/mol. The van der Waals surface area contributed by atoms with Crippen LogP contribution in [0.5, 0.6) is 0 Å². The lowest BCUT2D eigenvalue weighted by Gasteiger charge is -2.23. The summed E-state index contributed by atoms with van der Waals surface area (Å²) >= 11 is 0.